The number of halogens is 1. The second kappa shape index (κ2) is 17.9. The molecule has 2 N–H and O–H groups in total. The topological polar surface area (TPSA) is 94.5 Å². The maximum absolute atomic E-state index is 13.3. The first-order chi connectivity index (χ1) is 20.8. The van der Waals surface area contributed by atoms with Crippen molar-refractivity contribution in [3.05, 3.63) is 47.0 Å². The average Bonchev–Trinajstić information content (AvgIpc) is 3.01. The zero-order valence-corrected chi connectivity index (χ0v) is 27.1. The van der Waals surface area contributed by atoms with Crippen LogP contribution >= 0.6 is 11.6 Å². The van der Waals surface area contributed by atoms with Gasteiger partial charge in [0, 0.05) is 25.3 Å². The Morgan fingerprint density at radius 1 is 0.930 bits per heavy atom. The number of hydrogen-bond acceptors (Lipinski definition) is 7. The zero-order chi connectivity index (χ0) is 31.2. The van der Waals surface area contributed by atoms with E-state index in [4.69, 9.17) is 16.3 Å². The average molecular weight is 613 g/mol. The summed E-state index contributed by atoms with van der Waals surface area (Å²) in [4.78, 5) is 34.5. The molecule has 3 rings (SSSR count). The molecule has 9 heteroatoms. The second-order valence-electron chi connectivity index (χ2n) is 11.0. The van der Waals surface area contributed by atoms with E-state index in [-0.39, 0.29) is 16.4 Å². The molecule has 2 aromatic carbocycles. The van der Waals surface area contributed by atoms with Crippen LogP contribution in [0.5, 0.6) is 0 Å². The fraction of sp³-hybridized carbons (Fsp3) is 0.559. The Morgan fingerprint density at radius 2 is 1.58 bits per heavy atom. The molecule has 43 heavy (non-hydrogen) atoms. The summed E-state index contributed by atoms with van der Waals surface area (Å²) in [5.41, 5.74) is 2.89. The molecule has 0 bridgehead atoms. The van der Waals surface area contributed by atoms with Crippen LogP contribution in [0, 0.1) is 0 Å². The summed E-state index contributed by atoms with van der Waals surface area (Å²) in [5.74, 6) is -1.06. The number of aliphatic imine (C=N–C) groups is 1. The molecule has 0 fully saturated rings. The number of hydrogen-bond donors (Lipinski definition) is 2. The second-order valence-corrected chi connectivity index (χ2v) is 11.4. The maximum atomic E-state index is 13.3. The molecule has 236 valence electrons. The molecule has 2 aromatic rings. The number of ether oxygens (including phenoxy) is 1. The minimum Gasteiger partial charge on any atom is -0.462 e. The normalized spacial score (nSPS) is 14.2. The fourth-order valence-corrected chi connectivity index (χ4v) is 5.54. The van der Waals surface area contributed by atoms with Crippen molar-refractivity contribution < 1.29 is 19.4 Å². The lowest BCUT2D eigenvalue weighted by Gasteiger charge is -2.35. The van der Waals surface area contributed by atoms with E-state index >= 15 is 0 Å². The number of esters is 1. The summed E-state index contributed by atoms with van der Waals surface area (Å²) in [6.45, 7) is 10.9. The van der Waals surface area contributed by atoms with Crippen LogP contribution in [0.15, 0.2) is 41.4 Å². The number of carbonyl (C=O) groups is 2. The van der Waals surface area contributed by atoms with Crippen molar-refractivity contribution >= 4 is 51.9 Å². The molecular weight excluding hydrogens is 564 g/mol. The summed E-state index contributed by atoms with van der Waals surface area (Å²) < 4.78 is 5.47. The predicted octanol–water partition coefficient (Wildman–Crippen LogP) is 8.13. The molecule has 1 aliphatic heterocycles. The van der Waals surface area contributed by atoms with Crippen LogP contribution in [0.1, 0.15) is 102 Å². The maximum Gasteiger partial charge on any atom is 0.338 e. The molecule has 0 aromatic heterocycles. The van der Waals surface area contributed by atoms with Gasteiger partial charge >= 0.3 is 5.97 Å². The van der Waals surface area contributed by atoms with Crippen molar-refractivity contribution in [3.8, 4) is 0 Å². The van der Waals surface area contributed by atoms with Crippen LogP contribution < -0.4 is 15.1 Å². The molecule has 1 atom stereocenters. The molecule has 0 saturated carbocycles. The van der Waals surface area contributed by atoms with Gasteiger partial charge in [0.2, 0.25) is 0 Å². The third-order valence-electron chi connectivity index (χ3n) is 7.93. The van der Waals surface area contributed by atoms with Gasteiger partial charge in [0.15, 0.2) is 11.9 Å². The SMILES string of the molecule is CCCCCCCCCCCCOC(=O)c1ccc(Cl)c(NC(=O)C2=Nc3ccc(N(CC)CC)cc3N(CC)C2O)c1. The van der Waals surface area contributed by atoms with E-state index in [1.54, 1.807) is 17.0 Å². The number of fused-ring (bicyclic) bond motifs is 1. The lowest BCUT2D eigenvalue weighted by atomic mass is 10.1. The van der Waals surface area contributed by atoms with Gasteiger partial charge in [0.05, 0.1) is 34.3 Å². The molecule has 8 nitrogen and oxygen atoms in total. The fourth-order valence-electron chi connectivity index (χ4n) is 5.37. The van der Waals surface area contributed by atoms with Crippen LogP contribution in [-0.2, 0) is 9.53 Å². The van der Waals surface area contributed by atoms with Crippen LogP contribution in [0.25, 0.3) is 0 Å². The molecule has 0 spiro atoms. The number of aliphatic hydroxyl groups is 1. The van der Waals surface area contributed by atoms with Gasteiger partial charge in [-0.25, -0.2) is 9.79 Å². The first-order valence-electron chi connectivity index (χ1n) is 16.0. The highest BCUT2D eigenvalue weighted by atomic mass is 35.5. The first kappa shape index (κ1) is 34.4. The van der Waals surface area contributed by atoms with Crippen molar-refractivity contribution in [2.75, 3.05) is 41.4 Å². The number of anilines is 3. The van der Waals surface area contributed by atoms with Crippen molar-refractivity contribution in [1.82, 2.24) is 0 Å². The Balaban J connectivity index is 1.58. The zero-order valence-electron chi connectivity index (χ0n) is 26.3. The standard InChI is InChI=1S/C34H49ClN4O4/c1-5-9-10-11-12-13-14-15-16-17-22-43-34(42)25-18-20-27(35)29(23-25)37-32(40)31-33(41)39(8-4)30-24-26(38(6-2)7-3)19-21-28(30)36-31/h18-21,23-24,33,41H,5-17,22H2,1-4H3,(H,37,40). The number of nitrogens with zero attached hydrogens (tertiary/aromatic N) is 3. The van der Waals surface area contributed by atoms with Crippen molar-refractivity contribution in [2.24, 2.45) is 4.99 Å². The van der Waals surface area contributed by atoms with E-state index in [9.17, 15) is 14.7 Å². The van der Waals surface area contributed by atoms with Crippen LogP contribution in [0.3, 0.4) is 0 Å². The van der Waals surface area contributed by atoms with Crippen molar-refractivity contribution in [2.45, 2.75) is 98.1 Å². The number of unbranched alkanes of at least 4 members (excludes halogenated alkanes) is 9. The number of benzene rings is 2. The van der Waals surface area contributed by atoms with Gasteiger partial charge in [-0.1, -0.05) is 76.3 Å². The van der Waals surface area contributed by atoms with E-state index in [0.29, 0.717) is 24.4 Å². The number of nitrogens with one attached hydrogen (secondary N) is 1. The van der Waals surface area contributed by atoms with Gasteiger partial charge in [-0.15, -0.1) is 0 Å². The monoisotopic (exact) mass is 612 g/mol. The number of aliphatic hydroxyl groups excluding tert-OH is 1. The predicted molar refractivity (Wildman–Crippen MR) is 178 cm³/mol. The van der Waals surface area contributed by atoms with E-state index < -0.39 is 18.1 Å². The summed E-state index contributed by atoms with van der Waals surface area (Å²) in [6, 6.07) is 10.5. The molecule has 1 unspecified atom stereocenters. The Morgan fingerprint density at radius 3 is 2.21 bits per heavy atom. The van der Waals surface area contributed by atoms with Crippen LogP contribution in [-0.4, -0.2) is 55.2 Å². The number of amides is 1. The molecular formula is C34H49ClN4O4. The van der Waals surface area contributed by atoms with E-state index in [0.717, 1.165) is 43.7 Å². The lowest BCUT2D eigenvalue weighted by molar-refractivity contribution is -0.110. The molecule has 1 amide bonds. The molecule has 1 aliphatic rings. The third kappa shape index (κ3) is 9.70. The van der Waals surface area contributed by atoms with Gasteiger partial charge in [-0.05, 0) is 63.6 Å². The Bertz CT molecular complexity index is 1230. The Kier molecular flexibility index (Phi) is 14.3. The molecule has 0 radical (unpaired) electrons. The molecule has 1 heterocycles. The van der Waals surface area contributed by atoms with Gasteiger partial charge in [0.25, 0.3) is 5.91 Å². The highest BCUT2D eigenvalue weighted by Gasteiger charge is 2.32. The highest BCUT2D eigenvalue weighted by molar-refractivity contribution is 6.46. The third-order valence-corrected chi connectivity index (χ3v) is 8.26. The number of carbonyl (C=O) groups excluding carboxylic acids is 2. The van der Waals surface area contributed by atoms with E-state index in [2.05, 4.69) is 36.0 Å². The van der Waals surface area contributed by atoms with Gasteiger partial charge in [-0.2, -0.15) is 0 Å². The first-order valence-corrected chi connectivity index (χ1v) is 16.4. The Labute approximate surface area is 262 Å². The summed E-state index contributed by atoms with van der Waals surface area (Å²) in [5, 5.41) is 14.1. The van der Waals surface area contributed by atoms with Crippen LogP contribution in [0.2, 0.25) is 5.02 Å². The van der Waals surface area contributed by atoms with E-state index in [1.807, 2.05) is 25.1 Å². The largest absolute Gasteiger partial charge is 0.462 e. The van der Waals surface area contributed by atoms with Gasteiger partial charge in [0.1, 0.15) is 0 Å². The molecule has 0 aliphatic carbocycles. The minimum atomic E-state index is -1.24. The van der Waals surface area contributed by atoms with Crippen molar-refractivity contribution in [1.29, 1.82) is 0 Å². The number of rotatable bonds is 18. The summed E-state index contributed by atoms with van der Waals surface area (Å²) >= 11 is 6.37. The smallest absolute Gasteiger partial charge is 0.338 e. The quantitative estimate of drug-likeness (QED) is 0.130. The minimum absolute atomic E-state index is 0.0463. The molecule has 0 saturated heterocycles. The summed E-state index contributed by atoms with van der Waals surface area (Å²) in [6.07, 6.45) is 10.8. The summed E-state index contributed by atoms with van der Waals surface area (Å²) in [7, 11) is 0. The van der Waals surface area contributed by atoms with Crippen molar-refractivity contribution in [3.63, 3.8) is 0 Å². The Hall–Kier alpha value is -3.10. The van der Waals surface area contributed by atoms with E-state index in [1.165, 1.54) is 51.0 Å². The van der Waals surface area contributed by atoms with Gasteiger partial charge < -0.3 is 25.0 Å². The highest BCUT2D eigenvalue weighted by Crippen LogP contribution is 2.37. The lowest BCUT2D eigenvalue weighted by Crippen LogP contribution is -2.48. The van der Waals surface area contributed by atoms with Gasteiger partial charge in [-0.3, -0.25) is 4.79 Å². The van der Waals surface area contributed by atoms with Crippen LogP contribution in [0.4, 0.5) is 22.7 Å².